The van der Waals surface area contributed by atoms with E-state index in [4.69, 9.17) is 4.42 Å². The molecule has 0 aliphatic carbocycles. The van der Waals surface area contributed by atoms with Crippen LogP contribution in [0.2, 0.25) is 0 Å². The lowest BCUT2D eigenvalue weighted by Crippen LogP contribution is -2.25. The number of thioether (sulfide) groups is 1. The predicted octanol–water partition coefficient (Wildman–Crippen LogP) is 3.21. The third kappa shape index (κ3) is 3.86. The molecule has 1 atom stereocenters. The van der Waals surface area contributed by atoms with Gasteiger partial charge in [0.15, 0.2) is 5.17 Å². The number of amidine groups is 1. The maximum atomic E-state index is 12.0. The second kappa shape index (κ2) is 6.93. The highest BCUT2D eigenvalue weighted by Crippen LogP contribution is 2.24. The number of hydrogen-bond acceptors (Lipinski definition) is 5. The summed E-state index contributed by atoms with van der Waals surface area (Å²) in [5.74, 6) is 0.574. The van der Waals surface area contributed by atoms with Crippen LogP contribution in [0.4, 0.5) is 0 Å². The average molecular weight is 378 g/mol. The summed E-state index contributed by atoms with van der Waals surface area (Å²) in [6.07, 6.45) is 3.72. The van der Waals surface area contributed by atoms with E-state index < -0.39 is 0 Å². The van der Waals surface area contributed by atoms with Crippen molar-refractivity contribution in [3.8, 4) is 0 Å². The van der Waals surface area contributed by atoms with Gasteiger partial charge >= 0.3 is 0 Å². The second-order valence-corrected chi connectivity index (χ2v) is 6.70. The molecular formula is C15H12BrN3O2S. The number of furan rings is 1. The minimum Gasteiger partial charge on any atom is -0.463 e. The Morgan fingerprint density at radius 3 is 2.86 bits per heavy atom. The van der Waals surface area contributed by atoms with Gasteiger partial charge in [0.25, 0.3) is 0 Å². The maximum Gasteiger partial charge on any atom is 0.239 e. The van der Waals surface area contributed by atoms with E-state index in [-0.39, 0.29) is 11.2 Å². The number of benzene rings is 1. The molecule has 1 aliphatic rings. The second-order valence-electron chi connectivity index (χ2n) is 4.59. The van der Waals surface area contributed by atoms with Crippen molar-refractivity contribution in [1.82, 2.24) is 5.32 Å². The first-order valence-corrected chi connectivity index (χ1v) is 8.24. The number of halogens is 1. The van der Waals surface area contributed by atoms with Crippen LogP contribution in [0.5, 0.6) is 0 Å². The first-order chi connectivity index (χ1) is 10.7. The molecule has 0 unspecified atom stereocenters. The monoisotopic (exact) mass is 377 g/mol. The molecule has 2 heterocycles. The summed E-state index contributed by atoms with van der Waals surface area (Å²) < 4.78 is 6.14. The van der Waals surface area contributed by atoms with Crippen molar-refractivity contribution in [3.63, 3.8) is 0 Å². The lowest BCUT2D eigenvalue weighted by Gasteiger charge is -2.05. The molecule has 1 amide bonds. The number of amides is 1. The zero-order valence-corrected chi connectivity index (χ0v) is 13.8. The zero-order valence-electron chi connectivity index (χ0n) is 11.4. The molecule has 1 aromatic heterocycles. The van der Waals surface area contributed by atoms with E-state index in [1.807, 2.05) is 24.3 Å². The van der Waals surface area contributed by atoms with Crippen molar-refractivity contribution in [1.29, 1.82) is 0 Å². The van der Waals surface area contributed by atoms with Crippen LogP contribution < -0.4 is 5.32 Å². The molecule has 2 aromatic rings. The molecule has 3 rings (SSSR count). The van der Waals surface area contributed by atoms with Crippen molar-refractivity contribution in [3.05, 3.63) is 58.5 Å². The SMILES string of the molecule is O=C1N/C(=N\N=C/c2ccco2)S[C@@H]1Cc1ccc(Br)cc1. The Bertz CT molecular complexity index is 711. The van der Waals surface area contributed by atoms with Crippen molar-refractivity contribution in [2.45, 2.75) is 11.7 Å². The normalized spacial score (nSPS) is 20.0. The number of carbonyl (C=O) groups excluding carboxylic acids is 1. The molecule has 1 aliphatic heterocycles. The maximum absolute atomic E-state index is 12.0. The third-order valence-corrected chi connectivity index (χ3v) is 4.59. The summed E-state index contributed by atoms with van der Waals surface area (Å²) in [5, 5.41) is 11.0. The molecule has 0 spiro atoms. The van der Waals surface area contributed by atoms with E-state index in [1.165, 1.54) is 18.0 Å². The first-order valence-electron chi connectivity index (χ1n) is 6.57. The summed E-state index contributed by atoms with van der Waals surface area (Å²) in [4.78, 5) is 12.0. The van der Waals surface area contributed by atoms with Crippen LogP contribution >= 0.6 is 27.7 Å². The van der Waals surface area contributed by atoms with Crippen LogP contribution in [0.3, 0.4) is 0 Å². The molecule has 112 valence electrons. The fourth-order valence-electron chi connectivity index (χ4n) is 1.92. The van der Waals surface area contributed by atoms with Crippen LogP contribution in [-0.4, -0.2) is 22.5 Å². The van der Waals surface area contributed by atoms with Crippen molar-refractivity contribution < 1.29 is 9.21 Å². The van der Waals surface area contributed by atoms with Crippen molar-refractivity contribution >= 4 is 45.0 Å². The van der Waals surface area contributed by atoms with Gasteiger partial charge in [0.1, 0.15) is 5.76 Å². The van der Waals surface area contributed by atoms with E-state index in [1.54, 1.807) is 18.4 Å². The Hall–Kier alpha value is -1.86. The van der Waals surface area contributed by atoms with Crippen LogP contribution in [0.25, 0.3) is 0 Å². The highest BCUT2D eigenvalue weighted by atomic mass is 79.9. The van der Waals surface area contributed by atoms with E-state index in [0.29, 0.717) is 17.3 Å². The third-order valence-electron chi connectivity index (χ3n) is 2.99. The first kappa shape index (κ1) is 15.1. The van der Waals surface area contributed by atoms with Crippen LogP contribution in [-0.2, 0) is 11.2 Å². The molecule has 1 N–H and O–H groups in total. The molecule has 7 heteroatoms. The van der Waals surface area contributed by atoms with Gasteiger partial charge in [-0.15, -0.1) is 5.10 Å². The Kier molecular flexibility index (Phi) is 4.74. The fraction of sp³-hybridized carbons (Fsp3) is 0.133. The quantitative estimate of drug-likeness (QED) is 0.656. The predicted molar refractivity (Wildman–Crippen MR) is 91.1 cm³/mol. The highest BCUT2D eigenvalue weighted by Gasteiger charge is 2.30. The Morgan fingerprint density at radius 1 is 1.32 bits per heavy atom. The van der Waals surface area contributed by atoms with E-state index >= 15 is 0 Å². The Morgan fingerprint density at radius 2 is 2.14 bits per heavy atom. The number of nitrogens with zero attached hydrogens (tertiary/aromatic N) is 2. The fourth-order valence-corrected chi connectivity index (χ4v) is 3.15. The Labute approximate surface area is 140 Å². The van der Waals surface area contributed by atoms with E-state index in [0.717, 1.165) is 10.0 Å². The topological polar surface area (TPSA) is 67.0 Å². The van der Waals surface area contributed by atoms with Gasteiger partial charge < -0.3 is 9.73 Å². The van der Waals surface area contributed by atoms with Crippen LogP contribution in [0.1, 0.15) is 11.3 Å². The summed E-state index contributed by atoms with van der Waals surface area (Å²) in [5.41, 5.74) is 1.11. The van der Waals surface area contributed by atoms with Crippen LogP contribution in [0, 0.1) is 0 Å². The van der Waals surface area contributed by atoms with E-state index in [2.05, 4.69) is 31.4 Å². The zero-order chi connectivity index (χ0) is 15.4. The van der Waals surface area contributed by atoms with Crippen LogP contribution in [0.15, 0.2) is 61.8 Å². The van der Waals surface area contributed by atoms with Gasteiger partial charge in [0.05, 0.1) is 17.7 Å². The summed E-state index contributed by atoms with van der Waals surface area (Å²) in [6, 6.07) is 11.5. The molecule has 0 bridgehead atoms. The number of nitrogens with one attached hydrogen (secondary N) is 1. The summed E-state index contributed by atoms with van der Waals surface area (Å²) >= 11 is 4.79. The van der Waals surface area contributed by atoms with Gasteiger partial charge in [-0.1, -0.05) is 39.8 Å². The van der Waals surface area contributed by atoms with E-state index in [9.17, 15) is 4.79 Å². The average Bonchev–Trinajstić information content (AvgIpc) is 3.12. The molecule has 5 nitrogen and oxygen atoms in total. The highest BCUT2D eigenvalue weighted by molar-refractivity contribution is 9.10. The molecule has 0 radical (unpaired) electrons. The van der Waals surface area contributed by atoms with Gasteiger partial charge in [-0.05, 0) is 36.2 Å². The number of rotatable bonds is 4. The molecule has 1 fully saturated rings. The minimum absolute atomic E-state index is 0.0418. The lowest BCUT2D eigenvalue weighted by molar-refractivity contribution is -0.118. The van der Waals surface area contributed by atoms with Gasteiger partial charge in [-0.2, -0.15) is 5.10 Å². The molecule has 0 saturated carbocycles. The van der Waals surface area contributed by atoms with Crippen molar-refractivity contribution in [2.75, 3.05) is 0 Å². The van der Waals surface area contributed by atoms with Crippen molar-refractivity contribution in [2.24, 2.45) is 10.2 Å². The Balaban J connectivity index is 1.61. The van der Waals surface area contributed by atoms with Gasteiger partial charge in [0.2, 0.25) is 5.91 Å². The molecule has 1 saturated heterocycles. The van der Waals surface area contributed by atoms with Gasteiger partial charge in [-0.3, -0.25) is 4.79 Å². The molecular weight excluding hydrogens is 366 g/mol. The smallest absolute Gasteiger partial charge is 0.239 e. The standard InChI is InChI=1S/C15H12BrN3O2S/c16-11-5-3-10(4-6-11)8-13-14(20)18-15(22-13)19-17-9-12-2-1-7-21-12/h1-7,9,13H,8H2,(H,18,19,20)/b17-9-/t13-/m1/s1. The summed E-state index contributed by atoms with van der Waals surface area (Å²) in [7, 11) is 0. The van der Waals surface area contributed by atoms with Gasteiger partial charge in [-0.25, -0.2) is 0 Å². The largest absolute Gasteiger partial charge is 0.463 e. The lowest BCUT2D eigenvalue weighted by atomic mass is 10.1. The minimum atomic E-state index is -0.182. The molecule has 1 aromatic carbocycles. The van der Waals surface area contributed by atoms with Gasteiger partial charge in [0, 0.05) is 4.47 Å². The summed E-state index contributed by atoms with van der Waals surface area (Å²) in [6.45, 7) is 0. The number of carbonyl (C=O) groups is 1. The molecule has 22 heavy (non-hydrogen) atoms. The number of hydrogen-bond donors (Lipinski definition) is 1.